The van der Waals surface area contributed by atoms with Gasteiger partial charge in [-0.15, -0.1) is 22.7 Å². The topological polar surface area (TPSA) is 80.9 Å². The number of nitrogens with one attached hydrogen (secondary N) is 1. The first-order chi connectivity index (χ1) is 8.13. The van der Waals surface area contributed by atoms with E-state index in [1.807, 2.05) is 6.92 Å². The van der Waals surface area contributed by atoms with Crippen molar-refractivity contribution >= 4 is 33.7 Å². The zero-order valence-corrected chi connectivity index (χ0v) is 10.9. The normalized spacial score (nSPS) is 10.4. The second kappa shape index (κ2) is 5.24. The van der Waals surface area contributed by atoms with Crippen LogP contribution in [0.15, 0.2) is 11.6 Å². The molecule has 0 unspecified atom stereocenters. The Morgan fingerprint density at radius 3 is 3.00 bits per heavy atom. The average molecular weight is 268 g/mol. The molecule has 2 heterocycles. The molecular formula is C10H12N4OS2. The molecule has 0 saturated carbocycles. The van der Waals surface area contributed by atoms with Gasteiger partial charge in [0, 0.05) is 16.5 Å². The number of hydrogen-bond donors (Lipinski definition) is 2. The molecule has 3 N–H and O–H groups in total. The fourth-order valence-corrected chi connectivity index (χ4v) is 2.60. The van der Waals surface area contributed by atoms with Crippen molar-refractivity contribution in [2.45, 2.75) is 19.9 Å². The van der Waals surface area contributed by atoms with Crippen molar-refractivity contribution in [1.82, 2.24) is 15.3 Å². The molecule has 0 bridgehead atoms. The van der Waals surface area contributed by atoms with Gasteiger partial charge in [-0.2, -0.15) is 0 Å². The molecule has 2 aromatic rings. The molecule has 5 nitrogen and oxygen atoms in total. The van der Waals surface area contributed by atoms with Crippen LogP contribution in [0.25, 0.3) is 0 Å². The number of hydrogen-bond acceptors (Lipinski definition) is 6. The van der Waals surface area contributed by atoms with Gasteiger partial charge in [0.2, 0.25) is 5.91 Å². The number of aromatic nitrogens is 2. The summed E-state index contributed by atoms with van der Waals surface area (Å²) >= 11 is 2.92. The molecule has 17 heavy (non-hydrogen) atoms. The van der Waals surface area contributed by atoms with Crippen molar-refractivity contribution in [3.8, 4) is 0 Å². The molecule has 2 rings (SSSR count). The average Bonchev–Trinajstić information content (AvgIpc) is 2.85. The van der Waals surface area contributed by atoms with E-state index in [0.29, 0.717) is 17.4 Å². The summed E-state index contributed by atoms with van der Waals surface area (Å²) in [5.74, 6) is -0.0543. The first-order valence-corrected chi connectivity index (χ1v) is 6.71. The van der Waals surface area contributed by atoms with E-state index < -0.39 is 0 Å². The molecule has 0 aromatic carbocycles. The van der Waals surface area contributed by atoms with E-state index in [1.165, 1.54) is 11.3 Å². The number of nitrogens with two attached hydrogens (primary N) is 1. The van der Waals surface area contributed by atoms with Crippen molar-refractivity contribution in [1.29, 1.82) is 0 Å². The number of nitrogens with zero attached hydrogens (tertiary/aromatic N) is 2. The van der Waals surface area contributed by atoms with E-state index in [4.69, 9.17) is 5.73 Å². The van der Waals surface area contributed by atoms with Crippen LogP contribution in [-0.2, 0) is 17.8 Å². The largest absolute Gasteiger partial charge is 0.375 e. The highest BCUT2D eigenvalue weighted by Gasteiger charge is 2.07. The predicted molar refractivity (Wildman–Crippen MR) is 68.9 cm³/mol. The van der Waals surface area contributed by atoms with Gasteiger partial charge >= 0.3 is 0 Å². The Morgan fingerprint density at radius 2 is 2.41 bits per heavy atom. The van der Waals surface area contributed by atoms with Crippen LogP contribution in [0.2, 0.25) is 0 Å². The smallest absolute Gasteiger partial charge is 0.226 e. The van der Waals surface area contributed by atoms with Crippen LogP contribution in [0, 0.1) is 6.92 Å². The molecule has 0 aliphatic rings. The lowest BCUT2D eigenvalue weighted by Gasteiger charge is -2.00. The molecule has 0 fully saturated rings. The van der Waals surface area contributed by atoms with Gasteiger partial charge in [0.25, 0.3) is 0 Å². The highest BCUT2D eigenvalue weighted by molar-refractivity contribution is 7.13. The van der Waals surface area contributed by atoms with E-state index in [1.54, 1.807) is 22.9 Å². The second-order valence-corrected chi connectivity index (χ2v) is 5.69. The predicted octanol–water partition coefficient (Wildman–Crippen LogP) is 1.35. The number of amides is 1. The van der Waals surface area contributed by atoms with Crippen molar-refractivity contribution in [3.05, 3.63) is 27.2 Å². The van der Waals surface area contributed by atoms with Gasteiger partial charge in [-0.3, -0.25) is 4.79 Å². The van der Waals surface area contributed by atoms with Crippen LogP contribution in [0.3, 0.4) is 0 Å². The summed E-state index contributed by atoms with van der Waals surface area (Å²) in [6.07, 6.45) is 2.05. The van der Waals surface area contributed by atoms with Gasteiger partial charge in [0.15, 0.2) is 5.13 Å². The molecule has 7 heteroatoms. The SMILES string of the molecule is Cc1ncc(CNC(=O)Cc2csc(N)n2)s1. The lowest BCUT2D eigenvalue weighted by atomic mass is 10.3. The number of carbonyl (C=O) groups excluding carboxylic acids is 1. The Hall–Kier alpha value is -1.47. The second-order valence-electron chi connectivity index (χ2n) is 3.48. The maximum Gasteiger partial charge on any atom is 0.226 e. The third-order valence-corrected chi connectivity index (χ3v) is 3.68. The van der Waals surface area contributed by atoms with Crippen LogP contribution in [0.4, 0.5) is 5.13 Å². The van der Waals surface area contributed by atoms with E-state index in [9.17, 15) is 4.79 Å². The number of aryl methyl sites for hydroxylation is 1. The third kappa shape index (κ3) is 3.50. The Labute approximate surface area is 107 Å². The van der Waals surface area contributed by atoms with E-state index in [0.717, 1.165) is 9.88 Å². The highest BCUT2D eigenvalue weighted by Crippen LogP contribution is 2.12. The number of rotatable bonds is 4. The van der Waals surface area contributed by atoms with E-state index in [-0.39, 0.29) is 12.3 Å². The Bertz CT molecular complexity index is 520. The lowest BCUT2D eigenvalue weighted by molar-refractivity contribution is -0.120. The Morgan fingerprint density at radius 1 is 1.59 bits per heavy atom. The minimum atomic E-state index is -0.0543. The summed E-state index contributed by atoms with van der Waals surface area (Å²) in [7, 11) is 0. The van der Waals surface area contributed by atoms with Crippen LogP contribution < -0.4 is 11.1 Å². The molecule has 0 saturated heterocycles. The molecule has 0 atom stereocenters. The minimum Gasteiger partial charge on any atom is -0.375 e. The highest BCUT2D eigenvalue weighted by atomic mass is 32.1. The number of nitrogen functional groups attached to an aromatic ring is 1. The molecular weight excluding hydrogens is 256 g/mol. The maximum atomic E-state index is 11.6. The molecule has 0 aliphatic heterocycles. The van der Waals surface area contributed by atoms with E-state index >= 15 is 0 Å². The number of thiazole rings is 2. The summed E-state index contributed by atoms with van der Waals surface area (Å²) in [5, 5.41) is 6.12. The molecule has 90 valence electrons. The number of carbonyl (C=O) groups is 1. The van der Waals surface area contributed by atoms with Crippen molar-refractivity contribution < 1.29 is 4.79 Å². The van der Waals surface area contributed by atoms with Crippen LogP contribution in [0.1, 0.15) is 15.6 Å². The van der Waals surface area contributed by atoms with Gasteiger partial charge in [-0.25, -0.2) is 9.97 Å². The maximum absolute atomic E-state index is 11.6. The molecule has 0 spiro atoms. The van der Waals surface area contributed by atoms with Crippen molar-refractivity contribution in [2.75, 3.05) is 5.73 Å². The molecule has 0 aliphatic carbocycles. The monoisotopic (exact) mass is 268 g/mol. The first kappa shape index (κ1) is 12.0. The van der Waals surface area contributed by atoms with E-state index in [2.05, 4.69) is 15.3 Å². The summed E-state index contributed by atoms with van der Waals surface area (Å²) in [6, 6.07) is 0. The Balaban J connectivity index is 1.82. The third-order valence-electron chi connectivity index (χ3n) is 2.04. The first-order valence-electron chi connectivity index (χ1n) is 5.01. The molecule has 0 radical (unpaired) electrons. The Kier molecular flexibility index (Phi) is 3.70. The standard InChI is InChI=1S/C10H12N4OS2/c1-6-12-3-8(17-6)4-13-9(15)2-7-5-16-10(11)14-7/h3,5H,2,4H2,1H3,(H2,11,14)(H,13,15). The lowest BCUT2D eigenvalue weighted by Crippen LogP contribution is -2.24. The van der Waals surface area contributed by atoms with Crippen LogP contribution in [-0.4, -0.2) is 15.9 Å². The zero-order chi connectivity index (χ0) is 12.3. The van der Waals surface area contributed by atoms with Gasteiger partial charge < -0.3 is 11.1 Å². The summed E-state index contributed by atoms with van der Waals surface area (Å²) in [6.45, 7) is 2.46. The van der Waals surface area contributed by atoms with Crippen molar-refractivity contribution in [2.24, 2.45) is 0 Å². The zero-order valence-electron chi connectivity index (χ0n) is 9.27. The molecule has 2 aromatic heterocycles. The fraction of sp³-hybridized carbons (Fsp3) is 0.300. The summed E-state index contributed by atoms with van der Waals surface area (Å²) < 4.78 is 0. The quantitative estimate of drug-likeness (QED) is 0.877. The summed E-state index contributed by atoms with van der Waals surface area (Å²) in [5.41, 5.74) is 6.20. The van der Waals surface area contributed by atoms with Crippen molar-refractivity contribution in [3.63, 3.8) is 0 Å². The molecule has 1 amide bonds. The minimum absolute atomic E-state index is 0.0543. The number of anilines is 1. The van der Waals surface area contributed by atoms with Gasteiger partial charge in [0.05, 0.1) is 23.7 Å². The fourth-order valence-electron chi connectivity index (χ4n) is 1.30. The van der Waals surface area contributed by atoms with Crippen LogP contribution in [0.5, 0.6) is 0 Å². The van der Waals surface area contributed by atoms with Crippen LogP contribution >= 0.6 is 22.7 Å². The van der Waals surface area contributed by atoms with Gasteiger partial charge in [-0.05, 0) is 6.92 Å². The van der Waals surface area contributed by atoms with Gasteiger partial charge in [-0.1, -0.05) is 0 Å². The summed E-state index contributed by atoms with van der Waals surface area (Å²) in [4.78, 5) is 20.8. The van der Waals surface area contributed by atoms with Gasteiger partial charge in [0.1, 0.15) is 0 Å².